The minimum atomic E-state index is 0.187. The van der Waals surface area contributed by atoms with E-state index in [2.05, 4.69) is 44.3 Å². The van der Waals surface area contributed by atoms with E-state index in [1.54, 1.807) is 11.3 Å². The van der Waals surface area contributed by atoms with Gasteiger partial charge in [-0.15, -0.1) is 11.3 Å². The molecule has 4 nitrogen and oxygen atoms in total. The molecular weight excluding hydrogens is 268 g/mol. The molecule has 1 aliphatic rings. The largest absolute Gasteiger partial charge is 0.301 e. The molecule has 108 valence electrons. The number of nitrogens with one attached hydrogen (secondary N) is 1. The number of hydrogen-bond donors (Lipinski definition) is 1. The molecule has 2 heterocycles. The molecule has 0 saturated heterocycles. The molecule has 1 N–H and O–H groups in total. The van der Waals surface area contributed by atoms with E-state index in [4.69, 9.17) is 4.98 Å². The second kappa shape index (κ2) is 5.30. The minimum absolute atomic E-state index is 0.187. The fourth-order valence-electron chi connectivity index (χ4n) is 2.20. The van der Waals surface area contributed by atoms with Gasteiger partial charge < -0.3 is 5.32 Å². The minimum Gasteiger partial charge on any atom is -0.301 e. The van der Waals surface area contributed by atoms with E-state index < -0.39 is 0 Å². The van der Waals surface area contributed by atoms with E-state index in [0.29, 0.717) is 12.1 Å². The molecule has 1 aliphatic carbocycles. The summed E-state index contributed by atoms with van der Waals surface area (Å²) in [5.74, 6) is 0. The lowest BCUT2D eigenvalue weighted by Crippen LogP contribution is -2.24. The van der Waals surface area contributed by atoms with Crippen LogP contribution in [-0.2, 0) is 0 Å². The van der Waals surface area contributed by atoms with Crippen LogP contribution in [0.25, 0.3) is 0 Å². The highest BCUT2D eigenvalue weighted by molar-refractivity contribution is 7.11. The molecule has 3 rings (SSSR count). The topological polar surface area (TPSA) is 42.7 Å². The van der Waals surface area contributed by atoms with E-state index in [1.165, 1.54) is 23.3 Å². The molecule has 2 aromatic heterocycles. The van der Waals surface area contributed by atoms with Gasteiger partial charge >= 0.3 is 0 Å². The first kappa shape index (κ1) is 13.8. The van der Waals surface area contributed by atoms with Crippen molar-refractivity contribution in [1.29, 1.82) is 0 Å². The van der Waals surface area contributed by atoms with Crippen LogP contribution in [0.4, 0.5) is 0 Å². The number of nitrogens with zero attached hydrogens (tertiary/aromatic N) is 3. The Hall–Kier alpha value is -1.20. The van der Waals surface area contributed by atoms with Crippen molar-refractivity contribution in [2.24, 2.45) is 0 Å². The van der Waals surface area contributed by atoms with Gasteiger partial charge in [-0.2, -0.15) is 5.10 Å². The SMILES string of the molecule is Cc1nc(C(NC2CC2)c2cnn(C(C)C)c2)sc1C. The molecule has 0 aliphatic heterocycles. The van der Waals surface area contributed by atoms with Gasteiger partial charge in [0, 0.05) is 28.7 Å². The Balaban J connectivity index is 1.91. The van der Waals surface area contributed by atoms with Gasteiger partial charge in [-0.3, -0.25) is 4.68 Å². The highest BCUT2D eigenvalue weighted by Gasteiger charge is 2.29. The van der Waals surface area contributed by atoms with E-state index in [9.17, 15) is 0 Å². The third kappa shape index (κ3) is 2.79. The van der Waals surface area contributed by atoms with Crippen molar-refractivity contribution >= 4 is 11.3 Å². The smallest absolute Gasteiger partial charge is 0.115 e. The summed E-state index contributed by atoms with van der Waals surface area (Å²) in [4.78, 5) is 6.05. The van der Waals surface area contributed by atoms with Crippen LogP contribution in [0.15, 0.2) is 12.4 Å². The number of hydrogen-bond acceptors (Lipinski definition) is 4. The third-order valence-electron chi connectivity index (χ3n) is 3.76. The average Bonchev–Trinajstić information content (AvgIpc) is 2.97. The number of rotatable bonds is 5. The average molecular weight is 290 g/mol. The fourth-order valence-corrected chi connectivity index (χ4v) is 3.21. The van der Waals surface area contributed by atoms with Gasteiger partial charge in [0.05, 0.1) is 17.9 Å². The molecule has 1 atom stereocenters. The van der Waals surface area contributed by atoms with Crippen LogP contribution >= 0.6 is 11.3 Å². The van der Waals surface area contributed by atoms with Crippen LogP contribution in [0.5, 0.6) is 0 Å². The molecule has 5 heteroatoms. The Kier molecular flexibility index (Phi) is 3.65. The summed E-state index contributed by atoms with van der Waals surface area (Å²) in [6.45, 7) is 8.53. The summed E-state index contributed by atoms with van der Waals surface area (Å²) < 4.78 is 2.02. The van der Waals surface area contributed by atoms with Gasteiger partial charge in [-0.1, -0.05) is 0 Å². The number of aryl methyl sites for hydroxylation is 2. The van der Waals surface area contributed by atoms with Crippen molar-refractivity contribution in [2.45, 2.75) is 58.7 Å². The predicted octanol–water partition coefficient (Wildman–Crippen LogP) is 3.38. The first-order valence-corrected chi connectivity index (χ1v) is 8.10. The monoisotopic (exact) mass is 290 g/mol. The summed E-state index contributed by atoms with van der Waals surface area (Å²) in [6.07, 6.45) is 6.68. The van der Waals surface area contributed by atoms with Crippen LogP contribution in [0.3, 0.4) is 0 Å². The maximum atomic E-state index is 4.74. The van der Waals surface area contributed by atoms with Crippen molar-refractivity contribution in [3.63, 3.8) is 0 Å². The normalized spacial score (nSPS) is 16.9. The quantitative estimate of drug-likeness (QED) is 0.918. The van der Waals surface area contributed by atoms with Gasteiger partial charge in [0.2, 0.25) is 0 Å². The molecule has 0 aromatic carbocycles. The maximum absolute atomic E-state index is 4.74. The molecule has 20 heavy (non-hydrogen) atoms. The number of aromatic nitrogens is 3. The molecule has 1 saturated carbocycles. The van der Waals surface area contributed by atoms with Crippen LogP contribution in [-0.4, -0.2) is 20.8 Å². The third-order valence-corrected chi connectivity index (χ3v) is 4.89. The van der Waals surface area contributed by atoms with E-state index >= 15 is 0 Å². The molecule has 0 amide bonds. The lowest BCUT2D eigenvalue weighted by molar-refractivity contribution is 0.530. The first-order valence-electron chi connectivity index (χ1n) is 7.28. The Morgan fingerprint density at radius 3 is 2.60 bits per heavy atom. The molecule has 0 spiro atoms. The zero-order valence-corrected chi connectivity index (χ0v) is 13.4. The summed E-state index contributed by atoms with van der Waals surface area (Å²) in [5.41, 5.74) is 2.36. The lowest BCUT2D eigenvalue weighted by Gasteiger charge is -2.14. The van der Waals surface area contributed by atoms with Crippen LogP contribution in [0.2, 0.25) is 0 Å². The highest BCUT2D eigenvalue weighted by atomic mass is 32.1. The van der Waals surface area contributed by atoms with Gasteiger partial charge in [-0.05, 0) is 40.5 Å². The van der Waals surface area contributed by atoms with E-state index in [-0.39, 0.29) is 6.04 Å². The van der Waals surface area contributed by atoms with Crippen LogP contribution < -0.4 is 5.32 Å². The van der Waals surface area contributed by atoms with Gasteiger partial charge in [0.1, 0.15) is 5.01 Å². The molecule has 2 aromatic rings. The molecular formula is C15H22N4S. The van der Waals surface area contributed by atoms with E-state index in [0.717, 1.165) is 10.7 Å². The highest BCUT2D eigenvalue weighted by Crippen LogP contribution is 2.32. The molecule has 1 fully saturated rings. The van der Waals surface area contributed by atoms with Crippen molar-refractivity contribution < 1.29 is 0 Å². The van der Waals surface area contributed by atoms with Gasteiger partial charge in [0.25, 0.3) is 0 Å². The second-order valence-corrected chi connectivity index (χ2v) is 7.15. The van der Waals surface area contributed by atoms with Crippen molar-refractivity contribution in [3.8, 4) is 0 Å². The fraction of sp³-hybridized carbons (Fsp3) is 0.600. The molecule has 1 unspecified atom stereocenters. The zero-order valence-electron chi connectivity index (χ0n) is 12.6. The molecule has 0 radical (unpaired) electrons. The van der Waals surface area contributed by atoms with E-state index in [1.807, 2.05) is 10.9 Å². The summed E-state index contributed by atoms with van der Waals surface area (Å²) >= 11 is 1.79. The standard InChI is InChI=1S/C15H22N4S/c1-9(2)19-8-12(7-16-19)14(18-13-5-6-13)15-17-10(3)11(4)20-15/h7-9,13-14,18H,5-6H2,1-4H3. The van der Waals surface area contributed by atoms with Gasteiger partial charge in [-0.25, -0.2) is 4.98 Å². The molecule has 0 bridgehead atoms. The predicted molar refractivity (Wildman–Crippen MR) is 82.2 cm³/mol. The lowest BCUT2D eigenvalue weighted by atomic mass is 10.1. The zero-order chi connectivity index (χ0) is 14.3. The Bertz CT molecular complexity index is 575. The number of thiazole rings is 1. The Morgan fingerprint density at radius 2 is 2.10 bits per heavy atom. The van der Waals surface area contributed by atoms with Crippen LogP contribution in [0, 0.1) is 13.8 Å². The first-order chi connectivity index (χ1) is 9.54. The van der Waals surface area contributed by atoms with Gasteiger partial charge in [0.15, 0.2) is 0 Å². The van der Waals surface area contributed by atoms with Crippen molar-refractivity contribution in [3.05, 3.63) is 33.5 Å². The maximum Gasteiger partial charge on any atom is 0.115 e. The Labute approximate surface area is 124 Å². The Morgan fingerprint density at radius 1 is 1.35 bits per heavy atom. The summed E-state index contributed by atoms with van der Waals surface area (Å²) in [7, 11) is 0. The summed E-state index contributed by atoms with van der Waals surface area (Å²) in [6, 6.07) is 1.23. The van der Waals surface area contributed by atoms with Crippen LogP contribution in [0.1, 0.15) is 59.9 Å². The second-order valence-electron chi connectivity index (χ2n) is 5.92. The van der Waals surface area contributed by atoms with Crippen molar-refractivity contribution in [1.82, 2.24) is 20.1 Å². The van der Waals surface area contributed by atoms with Crippen molar-refractivity contribution in [2.75, 3.05) is 0 Å². The summed E-state index contributed by atoms with van der Waals surface area (Å²) in [5, 5.41) is 9.35.